The smallest absolute Gasteiger partial charge is 0.268 e. The van der Waals surface area contributed by atoms with Crippen molar-refractivity contribution in [2.45, 2.75) is 0 Å². The number of hydrogen-bond donors (Lipinski definition) is 0. The molecule has 1 aromatic carbocycles. The molecule has 0 N–H and O–H groups in total. The van der Waals surface area contributed by atoms with Crippen molar-refractivity contribution in [2.75, 3.05) is 0 Å². The molecule has 0 spiro atoms. The van der Waals surface area contributed by atoms with Gasteiger partial charge in [-0.3, -0.25) is 4.57 Å². The van der Waals surface area contributed by atoms with E-state index in [-0.39, 0.29) is 5.30 Å². The maximum Gasteiger partial charge on any atom is 0.268 e. The Labute approximate surface area is 70.5 Å². The zero-order valence-corrected chi connectivity index (χ0v) is 7.29. The van der Waals surface area contributed by atoms with Crippen molar-refractivity contribution in [3.8, 4) is 0 Å². The summed E-state index contributed by atoms with van der Waals surface area (Å²) in [5.74, 6) is -0.511. The largest absolute Gasteiger partial charge is 0.450 e. The maximum absolute atomic E-state index is 12.9. The van der Waals surface area contributed by atoms with Crippen LogP contribution in [0.2, 0.25) is 0 Å². The summed E-state index contributed by atoms with van der Waals surface area (Å²) in [6, 6.07) is 5.81. The van der Waals surface area contributed by atoms with Crippen LogP contribution in [0.15, 0.2) is 37.1 Å². The summed E-state index contributed by atoms with van der Waals surface area (Å²) >= 11 is 0. The lowest BCUT2D eigenvalue weighted by molar-refractivity contribution is 0.472. The van der Waals surface area contributed by atoms with E-state index in [1.807, 2.05) is 0 Å². The van der Waals surface area contributed by atoms with Crippen LogP contribution < -0.4 is 5.30 Å². The Hall–Kier alpha value is -1.08. The monoisotopic (exact) mass is 186 g/mol. The number of rotatable bonds is 3. The van der Waals surface area contributed by atoms with Crippen LogP contribution >= 0.6 is 8.03 Å². The second kappa shape index (κ2) is 4.07. The summed E-state index contributed by atoms with van der Waals surface area (Å²) in [5.41, 5.74) is 0. The molecule has 0 aliphatic carbocycles. The molecule has 0 bridgehead atoms. The highest BCUT2D eigenvalue weighted by Gasteiger charge is 2.07. The molecule has 0 amide bonds. The minimum Gasteiger partial charge on any atom is -0.450 e. The van der Waals surface area contributed by atoms with Crippen molar-refractivity contribution in [3.63, 3.8) is 0 Å². The Kier molecular flexibility index (Phi) is 3.06. The van der Waals surface area contributed by atoms with Crippen molar-refractivity contribution < 1.29 is 13.5 Å². The molecule has 0 aromatic heterocycles. The van der Waals surface area contributed by atoms with Crippen molar-refractivity contribution in [1.29, 1.82) is 0 Å². The molecule has 2 nitrogen and oxygen atoms in total. The quantitative estimate of drug-likeness (QED) is 0.533. The van der Waals surface area contributed by atoms with Gasteiger partial charge in [0, 0.05) is 0 Å². The average molecular weight is 186 g/mol. The standard InChI is InChI=1S/C8H8FO2P/c1-2-11-12(10)8-6-4-3-5-7(8)9/h2-6,12H,1H2. The predicted molar refractivity (Wildman–Crippen MR) is 46.3 cm³/mol. The Morgan fingerprint density at radius 3 is 2.75 bits per heavy atom. The Morgan fingerprint density at radius 1 is 1.50 bits per heavy atom. The lowest BCUT2D eigenvalue weighted by atomic mass is 10.3. The molecular weight excluding hydrogens is 178 g/mol. The van der Waals surface area contributed by atoms with Crippen molar-refractivity contribution in [3.05, 3.63) is 42.9 Å². The minimum absolute atomic E-state index is 0.0994. The van der Waals surface area contributed by atoms with E-state index in [9.17, 15) is 8.96 Å². The molecule has 4 heteroatoms. The summed E-state index contributed by atoms with van der Waals surface area (Å²) in [7, 11) is -2.49. The first-order chi connectivity index (χ1) is 5.75. The lowest BCUT2D eigenvalue weighted by Crippen LogP contribution is -2.01. The van der Waals surface area contributed by atoms with Gasteiger partial charge >= 0.3 is 0 Å². The third-order valence-corrected chi connectivity index (χ3v) is 2.51. The van der Waals surface area contributed by atoms with Gasteiger partial charge in [-0.15, -0.1) is 0 Å². The molecule has 0 heterocycles. The van der Waals surface area contributed by atoms with Gasteiger partial charge in [-0.05, 0) is 12.1 Å². The molecule has 0 radical (unpaired) electrons. The molecule has 0 aliphatic heterocycles. The van der Waals surface area contributed by atoms with E-state index in [1.54, 1.807) is 6.07 Å². The van der Waals surface area contributed by atoms with Gasteiger partial charge in [-0.25, -0.2) is 4.39 Å². The van der Waals surface area contributed by atoms with Crippen LogP contribution in [-0.4, -0.2) is 0 Å². The van der Waals surface area contributed by atoms with Crippen LogP contribution in [0.4, 0.5) is 4.39 Å². The predicted octanol–water partition coefficient (Wildman–Crippen LogP) is 2.09. The summed E-state index contributed by atoms with van der Waals surface area (Å²) in [6.07, 6.45) is 1.05. The van der Waals surface area contributed by atoms with Crippen LogP contribution in [0.25, 0.3) is 0 Å². The van der Waals surface area contributed by atoms with E-state index in [0.29, 0.717) is 0 Å². The van der Waals surface area contributed by atoms with Gasteiger partial charge in [0.1, 0.15) is 5.82 Å². The fourth-order valence-corrected chi connectivity index (χ4v) is 1.55. The minimum atomic E-state index is -2.49. The highest BCUT2D eigenvalue weighted by Crippen LogP contribution is 2.22. The van der Waals surface area contributed by atoms with Gasteiger partial charge in [-0.1, -0.05) is 18.7 Å². The molecule has 1 unspecified atom stereocenters. The first kappa shape index (κ1) is 9.01. The topological polar surface area (TPSA) is 26.3 Å². The number of hydrogen-bond acceptors (Lipinski definition) is 2. The van der Waals surface area contributed by atoms with E-state index >= 15 is 0 Å². The summed E-state index contributed by atoms with van der Waals surface area (Å²) in [5, 5.41) is 0.0994. The van der Waals surface area contributed by atoms with Crippen molar-refractivity contribution >= 4 is 13.3 Å². The molecule has 0 aliphatic rings. The summed E-state index contributed by atoms with van der Waals surface area (Å²) in [6.45, 7) is 3.24. The van der Waals surface area contributed by atoms with E-state index in [0.717, 1.165) is 6.26 Å². The van der Waals surface area contributed by atoms with Gasteiger partial charge in [0.2, 0.25) is 0 Å². The molecule has 12 heavy (non-hydrogen) atoms. The fraction of sp³-hybridized carbons (Fsp3) is 0. The van der Waals surface area contributed by atoms with Crippen LogP contribution in [0.1, 0.15) is 0 Å². The average Bonchev–Trinajstić information content (AvgIpc) is 2.05. The third kappa shape index (κ3) is 1.95. The van der Waals surface area contributed by atoms with Crippen LogP contribution in [0.5, 0.6) is 0 Å². The second-order valence-electron chi connectivity index (χ2n) is 2.05. The molecule has 1 aromatic rings. The lowest BCUT2D eigenvalue weighted by Gasteiger charge is -2.01. The maximum atomic E-state index is 12.9. The molecule has 64 valence electrons. The van der Waals surface area contributed by atoms with Gasteiger partial charge in [0.05, 0.1) is 11.6 Å². The highest BCUT2D eigenvalue weighted by molar-refractivity contribution is 7.48. The normalized spacial score (nSPS) is 12.1. The van der Waals surface area contributed by atoms with E-state index < -0.39 is 13.8 Å². The fourth-order valence-electron chi connectivity index (χ4n) is 0.766. The third-order valence-electron chi connectivity index (χ3n) is 1.28. The first-order valence-electron chi connectivity index (χ1n) is 3.32. The first-order valence-corrected chi connectivity index (χ1v) is 4.64. The highest BCUT2D eigenvalue weighted by atomic mass is 31.1. The molecular formula is C8H8FO2P. The zero-order chi connectivity index (χ0) is 8.97. The number of halogens is 1. The van der Waals surface area contributed by atoms with Crippen LogP contribution in [-0.2, 0) is 9.09 Å². The zero-order valence-electron chi connectivity index (χ0n) is 6.29. The van der Waals surface area contributed by atoms with E-state index in [2.05, 4.69) is 11.1 Å². The summed E-state index contributed by atoms with van der Waals surface area (Å²) < 4.78 is 28.6. The second-order valence-corrected chi connectivity index (χ2v) is 3.40. The molecule has 0 saturated carbocycles. The van der Waals surface area contributed by atoms with Gasteiger partial charge < -0.3 is 4.52 Å². The Bertz CT molecular complexity index is 312. The molecule has 1 atom stereocenters. The van der Waals surface area contributed by atoms with Crippen molar-refractivity contribution in [2.24, 2.45) is 0 Å². The number of benzene rings is 1. The van der Waals surface area contributed by atoms with Crippen molar-refractivity contribution in [1.82, 2.24) is 0 Å². The van der Waals surface area contributed by atoms with Gasteiger partial charge in [-0.2, -0.15) is 0 Å². The van der Waals surface area contributed by atoms with Crippen LogP contribution in [0, 0.1) is 5.82 Å². The van der Waals surface area contributed by atoms with Gasteiger partial charge in [0.25, 0.3) is 8.03 Å². The Morgan fingerprint density at radius 2 is 2.17 bits per heavy atom. The molecule has 0 fully saturated rings. The van der Waals surface area contributed by atoms with E-state index in [4.69, 9.17) is 0 Å². The van der Waals surface area contributed by atoms with E-state index in [1.165, 1.54) is 18.2 Å². The van der Waals surface area contributed by atoms with Crippen LogP contribution in [0.3, 0.4) is 0 Å². The Balaban J connectivity index is 2.94. The summed E-state index contributed by atoms with van der Waals surface area (Å²) in [4.78, 5) is 0. The van der Waals surface area contributed by atoms with Gasteiger partial charge in [0.15, 0.2) is 0 Å². The molecule has 0 saturated heterocycles. The SMILES string of the molecule is C=CO[PH](=O)c1ccccc1F. The molecule has 1 rings (SSSR count).